The smallest absolute Gasteiger partial charge is 0.160 e. The van der Waals surface area contributed by atoms with Crippen LogP contribution >= 0.6 is 0 Å². The quantitative estimate of drug-likeness (QED) is 0.574. The van der Waals surface area contributed by atoms with E-state index in [1.165, 1.54) is 10.0 Å². The van der Waals surface area contributed by atoms with Crippen LogP contribution in [0.5, 0.6) is 0 Å². The Labute approximate surface area is 131 Å². The first-order chi connectivity index (χ1) is 9.86. The standard InChI is InChI=1S/C14H28N4O4/c1-11-7-12(2)9-16(18(21)22)14(5,6)10-13(3,4)15(8-11)17(19)20/h11-12H,7-10H2,1-6H3. The second-order valence-electron chi connectivity index (χ2n) is 7.89. The lowest BCUT2D eigenvalue weighted by Gasteiger charge is -2.42. The van der Waals surface area contributed by atoms with Crippen molar-refractivity contribution in [1.82, 2.24) is 10.0 Å². The molecule has 0 aromatic heterocycles. The van der Waals surface area contributed by atoms with E-state index < -0.39 is 11.1 Å². The zero-order chi connectivity index (χ0) is 17.3. The summed E-state index contributed by atoms with van der Waals surface area (Å²) in [7, 11) is 0. The fourth-order valence-corrected chi connectivity index (χ4v) is 3.74. The van der Waals surface area contributed by atoms with Crippen LogP contribution in [0.25, 0.3) is 0 Å². The number of hydrazine groups is 2. The van der Waals surface area contributed by atoms with Crippen LogP contribution in [0.3, 0.4) is 0 Å². The highest BCUT2D eigenvalue weighted by Crippen LogP contribution is 2.33. The summed E-state index contributed by atoms with van der Waals surface area (Å²) in [5.41, 5.74) is -1.54. The largest absolute Gasteiger partial charge is 0.235 e. The van der Waals surface area contributed by atoms with Gasteiger partial charge < -0.3 is 0 Å². The third-order valence-corrected chi connectivity index (χ3v) is 4.43. The molecule has 0 amide bonds. The summed E-state index contributed by atoms with van der Waals surface area (Å²) in [4.78, 5) is 22.9. The van der Waals surface area contributed by atoms with Crippen molar-refractivity contribution in [3.05, 3.63) is 20.2 Å². The number of nitro groups is 2. The van der Waals surface area contributed by atoms with Crippen molar-refractivity contribution in [2.45, 2.75) is 65.5 Å². The predicted octanol–water partition coefficient (Wildman–Crippen LogP) is 2.60. The zero-order valence-corrected chi connectivity index (χ0v) is 14.4. The third-order valence-electron chi connectivity index (χ3n) is 4.43. The molecule has 0 radical (unpaired) electrons. The van der Waals surface area contributed by atoms with Crippen LogP contribution in [0.15, 0.2) is 0 Å². The molecule has 1 rings (SSSR count). The maximum absolute atomic E-state index is 11.5. The van der Waals surface area contributed by atoms with E-state index in [0.717, 1.165) is 6.42 Å². The molecule has 1 fully saturated rings. The highest BCUT2D eigenvalue weighted by molar-refractivity contribution is 4.91. The van der Waals surface area contributed by atoms with Gasteiger partial charge in [-0.25, -0.2) is 20.2 Å². The zero-order valence-electron chi connectivity index (χ0n) is 14.4. The highest BCUT2D eigenvalue weighted by atomic mass is 16.7. The molecule has 0 bridgehead atoms. The molecule has 2 atom stereocenters. The lowest BCUT2D eigenvalue weighted by Crippen LogP contribution is -2.59. The molecule has 0 aliphatic carbocycles. The molecule has 0 aromatic carbocycles. The van der Waals surface area contributed by atoms with Crippen LogP contribution in [0.2, 0.25) is 0 Å². The van der Waals surface area contributed by atoms with Crippen LogP contribution in [-0.2, 0) is 0 Å². The van der Waals surface area contributed by atoms with Crippen molar-refractivity contribution in [2.75, 3.05) is 13.1 Å². The van der Waals surface area contributed by atoms with Gasteiger partial charge in [-0.15, -0.1) is 10.0 Å². The molecule has 128 valence electrons. The molecule has 0 aromatic rings. The number of hydrogen-bond donors (Lipinski definition) is 0. The molecule has 8 heteroatoms. The minimum Gasteiger partial charge on any atom is -0.235 e. The van der Waals surface area contributed by atoms with E-state index >= 15 is 0 Å². The van der Waals surface area contributed by atoms with Crippen molar-refractivity contribution < 1.29 is 10.1 Å². The molecule has 1 heterocycles. The summed E-state index contributed by atoms with van der Waals surface area (Å²) >= 11 is 0. The molecule has 0 spiro atoms. The average Bonchev–Trinajstić information content (AvgIpc) is 2.29. The van der Waals surface area contributed by atoms with Gasteiger partial charge in [0.25, 0.3) is 0 Å². The van der Waals surface area contributed by atoms with Crippen molar-refractivity contribution in [3.63, 3.8) is 0 Å². The highest BCUT2D eigenvalue weighted by Gasteiger charge is 2.46. The van der Waals surface area contributed by atoms with Gasteiger partial charge >= 0.3 is 0 Å². The normalized spacial score (nSPS) is 29.0. The van der Waals surface area contributed by atoms with E-state index in [2.05, 4.69) is 0 Å². The second-order valence-corrected chi connectivity index (χ2v) is 7.89. The van der Waals surface area contributed by atoms with Gasteiger partial charge in [0.15, 0.2) is 10.1 Å². The molecule has 0 N–H and O–H groups in total. The van der Waals surface area contributed by atoms with Gasteiger partial charge in [-0.3, -0.25) is 0 Å². The summed E-state index contributed by atoms with van der Waals surface area (Å²) in [5, 5.41) is 24.7. The topological polar surface area (TPSA) is 92.8 Å². The summed E-state index contributed by atoms with van der Waals surface area (Å²) < 4.78 is 0. The second kappa shape index (κ2) is 6.26. The minimum absolute atomic E-state index is 0.106. The number of rotatable bonds is 2. The summed E-state index contributed by atoms with van der Waals surface area (Å²) in [6.07, 6.45) is 1.06. The molecule has 8 nitrogen and oxygen atoms in total. The fraction of sp³-hybridized carbons (Fsp3) is 1.00. The van der Waals surface area contributed by atoms with Crippen molar-refractivity contribution >= 4 is 0 Å². The lowest BCUT2D eigenvalue weighted by atomic mass is 9.83. The van der Waals surface area contributed by atoms with Gasteiger partial charge in [0, 0.05) is 6.42 Å². The molecule has 22 heavy (non-hydrogen) atoms. The van der Waals surface area contributed by atoms with E-state index in [0.29, 0.717) is 19.5 Å². The third kappa shape index (κ3) is 4.20. The van der Waals surface area contributed by atoms with E-state index in [1.54, 1.807) is 27.7 Å². The van der Waals surface area contributed by atoms with Crippen LogP contribution < -0.4 is 0 Å². The molecular weight excluding hydrogens is 288 g/mol. The Kier molecular flexibility index (Phi) is 5.25. The Hall–Kier alpha value is -1.60. The molecule has 2 unspecified atom stereocenters. The average molecular weight is 316 g/mol. The Morgan fingerprint density at radius 1 is 0.864 bits per heavy atom. The van der Waals surface area contributed by atoms with Crippen molar-refractivity contribution in [2.24, 2.45) is 11.8 Å². The fourth-order valence-electron chi connectivity index (χ4n) is 3.74. The van der Waals surface area contributed by atoms with Crippen LogP contribution in [0.1, 0.15) is 54.4 Å². The monoisotopic (exact) mass is 316 g/mol. The molecular formula is C14H28N4O4. The number of hydrogen-bond acceptors (Lipinski definition) is 4. The Balaban J connectivity index is 3.23. The van der Waals surface area contributed by atoms with Gasteiger partial charge in [-0.1, -0.05) is 13.8 Å². The van der Waals surface area contributed by atoms with Crippen LogP contribution in [0.4, 0.5) is 0 Å². The van der Waals surface area contributed by atoms with E-state index in [9.17, 15) is 20.2 Å². The molecule has 1 saturated heterocycles. The number of nitrogens with zero attached hydrogens (tertiary/aromatic N) is 4. The van der Waals surface area contributed by atoms with Crippen LogP contribution in [0, 0.1) is 32.1 Å². The van der Waals surface area contributed by atoms with Gasteiger partial charge in [-0.2, -0.15) is 0 Å². The Morgan fingerprint density at radius 3 is 1.45 bits per heavy atom. The van der Waals surface area contributed by atoms with Crippen molar-refractivity contribution in [1.29, 1.82) is 0 Å². The first-order valence-electron chi connectivity index (χ1n) is 7.70. The van der Waals surface area contributed by atoms with Gasteiger partial charge in [0.05, 0.1) is 24.2 Å². The van der Waals surface area contributed by atoms with Crippen LogP contribution in [-0.4, -0.2) is 44.2 Å². The molecule has 1 aliphatic rings. The SMILES string of the molecule is CC1CC(C)CN([N+](=O)[O-])C(C)(C)CC(C)(C)N([N+](=O)[O-])C1. The first kappa shape index (κ1) is 18.4. The lowest BCUT2D eigenvalue weighted by molar-refractivity contribution is -0.687. The van der Waals surface area contributed by atoms with Crippen molar-refractivity contribution in [3.8, 4) is 0 Å². The Bertz CT molecular complexity index is 401. The minimum atomic E-state index is -0.768. The summed E-state index contributed by atoms with van der Waals surface area (Å²) in [6, 6.07) is 0. The maximum atomic E-state index is 11.5. The van der Waals surface area contributed by atoms with Gasteiger partial charge in [0.2, 0.25) is 0 Å². The predicted molar refractivity (Wildman–Crippen MR) is 83.1 cm³/mol. The molecule has 1 aliphatic heterocycles. The Morgan fingerprint density at radius 2 is 1.18 bits per heavy atom. The maximum Gasteiger partial charge on any atom is 0.160 e. The summed E-state index contributed by atoms with van der Waals surface area (Å²) in [6.45, 7) is 11.8. The first-order valence-corrected chi connectivity index (χ1v) is 7.70. The summed E-state index contributed by atoms with van der Waals surface area (Å²) in [5.74, 6) is 0.212. The molecule has 0 saturated carbocycles. The van der Waals surface area contributed by atoms with E-state index in [4.69, 9.17) is 0 Å². The van der Waals surface area contributed by atoms with Gasteiger partial charge in [0.1, 0.15) is 0 Å². The van der Waals surface area contributed by atoms with E-state index in [-0.39, 0.29) is 21.9 Å². The van der Waals surface area contributed by atoms with E-state index in [1.807, 2.05) is 13.8 Å². The van der Waals surface area contributed by atoms with Gasteiger partial charge in [-0.05, 0) is 46.0 Å².